The standard InChI is InChI=1S/C17H19Cl2N3O2/c1-22-9-20-14-3-2-13(8-15(14)22)21-17(24)16(23)6-10-4-11(18)7-12(19)5-10/h4-5,7,9,13,16,23H,2-3,6,8H2,1H3,(H,21,24). The number of amides is 1. The number of carbonyl (C=O) groups excluding carboxylic acids is 1. The Morgan fingerprint density at radius 1 is 1.42 bits per heavy atom. The van der Waals surface area contributed by atoms with Gasteiger partial charge in [0.25, 0.3) is 0 Å². The molecule has 1 aromatic heterocycles. The molecule has 1 heterocycles. The Morgan fingerprint density at radius 2 is 2.12 bits per heavy atom. The normalized spacial score (nSPS) is 18.1. The summed E-state index contributed by atoms with van der Waals surface area (Å²) in [6.07, 6.45) is 3.23. The SMILES string of the molecule is Cn1cnc2c1CC(NC(=O)C(O)Cc1cc(Cl)cc(Cl)c1)CC2. The lowest BCUT2D eigenvalue weighted by molar-refractivity contribution is -0.130. The van der Waals surface area contributed by atoms with Gasteiger partial charge in [0.15, 0.2) is 0 Å². The third kappa shape index (κ3) is 3.91. The van der Waals surface area contributed by atoms with Gasteiger partial charge in [-0.1, -0.05) is 23.2 Å². The van der Waals surface area contributed by atoms with Gasteiger partial charge in [-0.25, -0.2) is 4.98 Å². The van der Waals surface area contributed by atoms with E-state index >= 15 is 0 Å². The van der Waals surface area contributed by atoms with Crippen molar-refractivity contribution in [3.8, 4) is 0 Å². The fraction of sp³-hybridized carbons (Fsp3) is 0.412. The first-order valence-electron chi connectivity index (χ1n) is 7.85. The molecule has 2 aromatic rings. The topological polar surface area (TPSA) is 67.2 Å². The van der Waals surface area contributed by atoms with Crippen LogP contribution in [0.3, 0.4) is 0 Å². The molecule has 3 rings (SSSR count). The van der Waals surface area contributed by atoms with E-state index < -0.39 is 6.10 Å². The van der Waals surface area contributed by atoms with Crippen LogP contribution in [-0.2, 0) is 31.1 Å². The van der Waals surface area contributed by atoms with Crippen LogP contribution in [0.4, 0.5) is 0 Å². The van der Waals surface area contributed by atoms with Gasteiger partial charge < -0.3 is 15.0 Å². The van der Waals surface area contributed by atoms with E-state index in [1.165, 1.54) is 0 Å². The Hall–Kier alpha value is -1.56. The van der Waals surface area contributed by atoms with Gasteiger partial charge in [0.2, 0.25) is 5.91 Å². The van der Waals surface area contributed by atoms with Crippen molar-refractivity contribution in [3.63, 3.8) is 0 Å². The van der Waals surface area contributed by atoms with Crippen molar-refractivity contribution in [1.29, 1.82) is 0 Å². The van der Waals surface area contributed by atoms with E-state index in [2.05, 4.69) is 10.3 Å². The Kier molecular flexibility index (Phi) is 5.13. The molecule has 128 valence electrons. The summed E-state index contributed by atoms with van der Waals surface area (Å²) < 4.78 is 1.98. The lowest BCUT2D eigenvalue weighted by Gasteiger charge is -2.24. The van der Waals surface area contributed by atoms with Gasteiger partial charge in [0.05, 0.1) is 12.0 Å². The average Bonchev–Trinajstić information content (AvgIpc) is 2.87. The van der Waals surface area contributed by atoms with Gasteiger partial charge in [-0.3, -0.25) is 4.79 Å². The molecule has 0 aliphatic heterocycles. The number of carbonyl (C=O) groups is 1. The molecule has 0 saturated heterocycles. The molecule has 1 amide bonds. The highest BCUT2D eigenvalue weighted by molar-refractivity contribution is 6.34. The van der Waals surface area contributed by atoms with Crippen LogP contribution in [0.15, 0.2) is 24.5 Å². The number of benzene rings is 1. The first-order chi connectivity index (χ1) is 11.4. The molecule has 0 spiro atoms. The van der Waals surface area contributed by atoms with Gasteiger partial charge in [-0.05, 0) is 36.6 Å². The number of aromatic nitrogens is 2. The van der Waals surface area contributed by atoms with Crippen molar-refractivity contribution in [2.75, 3.05) is 0 Å². The van der Waals surface area contributed by atoms with E-state index in [-0.39, 0.29) is 18.4 Å². The van der Waals surface area contributed by atoms with Crippen molar-refractivity contribution in [1.82, 2.24) is 14.9 Å². The zero-order chi connectivity index (χ0) is 17.3. The highest BCUT2D eigenvalue weighted by Crippen LogP contribution is 2.21. The van der Waals surface area contributed by atoms with Crippen LogP contribution in [0.25, 0.3) is 0 Å². The molecule has 2 N–H and O–H groups in total. The summed E-state index contributed by atoms with van der Waals surface area (Å²) in [5, 5.41) is 14.1. The monoisotopic (exact) mass is 367 g/mol. The molecule has 5 nitrogen and oxygen atoms in total. The van der Waals surface area contributed by atoms with Crippen LogP contribution in [0.5, 0.6) is 0 Å². The van der Waals surface area contributed by atoms with E-state index in [0.29, 0.717) is 10.0 Å². The molecule has 0 bridgehead atoms. The summed E-state index contributed by atoms with van der Waals surface area (Å²) in [5.74, 6) is -0.373. The molecule has 7 heteroatoms. The summed E-state index contributed by atoms with van der Waals surface area (Å²) in [5.41, 5.74) is 2.97. The highest BCUT2D eigenvalue weighted by Gasteiger charge is 2.25. The van der Waals surface area contributed by atoms with E-state index in [1.54, 1.807) is 24.5 Å². The van der Waals surface area contributed by atoms with Crippen LogP contribution in [0.2, 0.25) is 10.0 Å². The second kappa shape index (κ2) is 7.13. The lowest BCUT2D eigenvalue weighted by Crippen LogP contribution is -2.44. The largest absolute Gasteiger partial charge is 0.383 e. The summed E-state index contributed by atoms with van der Waals surface area (Å²) in [6.45, 7) is 0. The zero-order valence-electron chi connectivity index (χ0n) is 13.3. The number of hydrogen-bond donors (Lipinski definition) is 2. The molecule has 1 aliphatic carbocycles. The van der Waals surface area contributed by atoms with Crippen molar-refractivity contribution in [2.45, 2.75) is 37.8 Å². The van der Waals surface area contributed by atoms with Crippen molar-refractivity contribution in [2.24, 2.45) is 7.05 Å². The number of nitrogens with one attached hydrogen (secondary N) is 1. The van der Waals surface area contributed by atoms with Crippen LogP contribution in [0, 0.1) is 0 Å². The van der Waals surface area contributed by atoms with Crippen molar-refractivity contribution < 1.29 is 9.90 Å². The number of nitrogens with zero attached hydrogens (tertiary/aromatic N) is 2. The first-order valence-corrected chi connectivity index (χ1v) is 8.60. The van der Waals surface area contributed by atoms with Gasteiger partial charge in [0, 0.05) is 41.7 Å². The van der Waals surface area contributed by atoms with Crippen LogP contribution in [-0.4, -0.2) is 32.7 Å². The fourth-order valence-electron chi connectivity index (χ4n) is 3.09. The summed E-state index contributed by atoms with van der Waals surface area (Å²) in [7, 11) is 1.95. The molecule has 1 aromatic carbocycles. The molecule has 2 atom stereocenters. The number of imidazole rings is 1. The van der Waals surface area contributed by atoms with Gasteiger partial charge >= 0.3 is 0 Å². The predicted molar refractivity (Wildman–Crippen MR) is 93.3 cm³/mol. The molecular weight excluding hydrogens is 349 g/mol. The molecular formula is C17H19Cl2N3O2. The minimum absolute atomic E-state index is 0.0120. The van der Waals surface area contributed by atoms with E-state index in [4.69, 9.17) is 23.2 Å². The van der Waals surface area contributed by atoms with E-state index in [9.17, 15) is 9.90 Å². The average molecular weight is 368 g/mol. The quantitative estimate of drug-likeness (QED) is 0.870. The number of aliphatic hydroxyl groups excluding tert-OH is 1. The van der Waals surface area contributed by atoms with Gasteiger partial charge in [-0.15, -0.1) is 0 Å². The molecule has 0 radical (unpaired) electrons. The van der Waals surface area contributed by atoms with E-state index in [0.717, 1.165) is 36.2 Å². The second-order valence-electron chi connectivity index (χ2n) is 6.19. The molecule has 0 saturated carbocycles. The van der Waals surface area contributed by atoms with E-state index in [1.807, 2.05) is 11.6 Å². The number of rotatable bonds is 4. The Balaban J connectivity index is 1.59. The third-order valence-corrected chi connectivity index (χ3v) is 4.75. The zero-order valence-corrected chi connectivity index (χ0v) is 14.8. The van der Waals surface area contributed by atoms with Crippen LogP contribution < -0.4 is 5.32 Å². The second-order valence-corrected chi connectivity index (χ2v) is 7.07. The van der Waals surface area contributed by atoms with Crippen LogP contribution in [0.1, 0.15) is 23.4 Å². The fourth-order valence-corrected chi connectivity index (χ4v) is 3.66. The Morgan fingerprint density at radius 3 is 2.83 bits per heavy atom. The number of aryl methyl sites for hydroxylation is 2. The number of fused-ring (bicyclic) bond motifs is 1. The Bertz CT molecular complexity index is 740. The van der Waals surface area contributed by atoms with Gasteiger partial charge in [0.1, 0.15) is 6.10 Å². The summed E-state index contributed by atoms with van der Waals surface area (Å²) in [6, 6.07) is 5.03. The lowest BCUT2D eigenvalue weighted by atomic mass is 9.95. The molecule has 0 fully saturated rings. The smallest absolute Gasteiger partial charge is 0.249 e. The first kappa shape index (κ1) is 17.3. The van der Waals surface area contributed by atoms with Gasteiger partial charge in [-0.2, -0.15) is 0 Å². The summed E-state index contributed by atoms with van der Waals surface area (Å²) >= 11 is 11.9. The minimum atomic E-state index is -1.13. The van der Waals surface area contributed by atoms with Crippen LogP contribution >= 0.6 is 23.2 Å². The number of halogens is 2. The maximum absolute atomic E-state index is 12.3. The summed E-state index contributed by atoms with van der Waals surface area (Å²) in [4.78, 5) is 16.6. The maximum Gasteiger partial charge on any atom is 0.249 e. The predicted octanol–water partition coefficient (Wildman–Crippen LogP) is 2.30. The Labute approximate surface area is 150 Å². The minimum Gasteiger partial charge on any atom is -0.383 e. The third-order valence-electron chi connectivity index (χ3n) is 4.32. The highest BCUT2D eigenvalue weighted by atomic mass is 35.5. The maximum atomic E-state index is 12.3. The number of hydrogen-bond acceptors (Lipinski definition) is 3. The molecule has 1 aliphatic rings. The van der Waals surface area contributed by atoms with Crippen molar-refractivity contribution in [3.05, 3.63) is 51.5 Å². The molecule has 2 unspecified atom stereocenters. The molecule has 24 heavy (non-hydrogen) atoms. The number of aliphatic hydroxyl groups is 1. The van der Waals surface area contributed by atoms with Crippen molar-refractivity contribution >= 4 is 29.1 Å².